The largest absolute Gasteiger partial charge is 0.347 e. The number of amides is 1. The van der Waals surface area contributed by atoms with E-state index in [-0.39, 0.29) is 17.8 Å². The molecule has 2 N–H and O–H groups in total. The Labute approximate surface area is 139 Å². The number of aromatic nitrogens is 1. The number of carbonyl (C=O) groups excluding carboxylic acids is 1. The van der Waals surface area contributed by atoms with Crippen LogP contribution in [0.1, 0.15) is 38.8 Å². The van der Waals surface area contributed by atoms with Crippen LogP contribution in [0.25, 0.3) is 0 Å². The maximum Gasteiger partial charge on any atom is 0.263 e. The van der Waals surface area contributed by atoms with Crippen molar-refractivity contribution in [2.75, 3.05) is 13.1 Å². The van der Waals surface area contributed by atoms with E-state index in [9.17, 15) is 9.18 Å². The van der Waals surface area contributed by atoms with E-state index in [1.54, 1.807) is 12.1 Å². The summed E-state index contributed by atoms with van der Waals surface area (Å²) in [5.41, 5.74) is 1.75. The maximum atomic E-state index is 13.0. The van der Waals surface area contributed by atoms with Crippen molar-refractivity contribution in [1.82, 2.24) is 15.6 Å². The number of aryl methyl sites for hydroxylation is 1. The standard InChI is InChI=1S/C17H20FN3OS/c1-11-16(17(22)21-14-3-2-8-19-10-14)23-15(20-11)9-12-4-6-13(18)7-5-12/h4-7,14,19H,2-3,8-10H2,1H3,(H,21,22). The van der Waals surface area contributed by atoms with Crippen molar-refractivity contribution in [1.29, 1.82) is 0 Å². The Kier molecular flexibility index (Phi) is 5.03. The minimum atomic E-state index is -0.245. The lowest BCUT2D eigenvalue weighted by Crippen LogP contribution is -2.45. The third-order valence-electron chi connectivity index (χ3n) is 3.95. The molecule has 1 aromatic carbocycles. The van der Waals surface area contributed by atoms with Gasteiger partial charge in [-0.25, -0.2) is 9.37 Å². The van der Waals surface area contributed by atoms with Crippen LogP contribution in [0.5, 0.6) is 0 Å². The molecule has 2 heterocycles. The highest BCUT2D eigenvalue weighted by molar-refractivity contribution is 7.13. The number of thiazole rings is 1. The Balaban J connectivity index is 1.67. The molecule has 3 rings (SSSR count). The van der Waals surface area contributed by atoms with Gasteiger partial charge in [-0.05, 0) is 44.0 Å². The molecule has 0 radical (unpaired) electrons. The van der Waals surface area contributed by atoms with Gasteiger partial charge in [-0.3, -0.25) is 4.79 Å². The fourth-order valence-corrected chi connectivity index (χ4v) is 3.74. The number of rotatable bonds is 4. The summed E-state index contributed by atoms with van der Waals surface area (Å²) in [4.78, 5) is 17.6. The molecule has 1 unspecified atom stereocenters. The molecule has 1 aromatic heterocycles. The summed E-state index contributed by atoms with van der Waals surface area (Å²) in [7, 11) is 0. The molecule has 1 fully saturated rings. The molecule has 1 aliphatic rings. The topological polar surface area (TPSA) is 54.0 Å². The summed E-state index contributed by atoms with van der Waals surface area (Å²) in [5.74, 6) is -0.288. The van der Waals surface area contributed by atoms with Gasteiger partial charge in [0.15, 0.2) is 0 Å². The summed E-state index contributed by atoms with van der Waals surface area (Å²) in [6.07, 6.45) is 2.71. The van der Waals surface area contributed by atoms with Crippen LogP contribution in [-0.4, -0.2) is 30.0 Å². The third kappa shape index (κ3) is 4.14. The normalized spacial score (nSPS) is 17.9. The summed E-state index contributed by atoms with van der Waals surface area (Å²) < 4.78 is 13.0. The predicted molar refractivity (Wildman–Crippen MR) is 89.4 cm³/mol. The van der Waals surface area contributed by atoms with E-state index in [2.05, 4.69) is 15.6 Å². The van der Waals surface area contributed by atoms with Gasteiger partial charge in [0.2, 0.25) is 0 Å². The SMILES string of the molecule is Cc1nc(Cc2ccc(F)cc2)sc1C(=O)NC1CCCNC1. The van der Waals surface area contributed by atoms with Gasteiger partial charge in [-0.2, -0.15) is 0 Å². The van der Waals surface area contributed by atoms with Gasteiger partial charge in [-0.1, -0.05) is 12.1 Å². The van der Waals surface area contributed by atoms with Crippen molar-refractivity contribution in [3.8, 4) is 0 Å². The van der Waals surface area contributed by atoms with Gasteiger partial charge in [0.1, 0.15) is 10.7 Å². The van der Waals surface area contributed by atoms with Gasteiger partial charge in [0.25, 0.3) is 5.91 Å². The second-order valence-corrected chi connectivity index (χ2v) is 6.93. The first-order chi connectivity index (χ1) is 11.1. The van der Waals surface area contributed by atoms with E-state index in [0.29, 0.717) is 11.3 Å². The molecular formula is C17H20FN3OS. The number of piperidine rings is 1. The Bertz CT molecular complexity index is 678. The summed E-state index contributed by atoms with van der Waals surface area (Å²) >= 11 is 1.42. The first-order valence-electron chi connectivity index (χ1n) is 7.84. The summed E-state index contributed by atoms with van der Waals surface area (Å²) in [5, 5.41) is 7.25. The van der Waals surface area contributed by atoms with Crippen LogP contribution >= 0.6 is 11.3 Å². The molecule has 23 heavy (non-hydrogen) atoms. The number of nitrogens with one attached hydrogen (secondary N) is 2. The first kappa shape index (κ1) is 16.1. The Morgan fingerprint density at radius 3 is 2.91 bits per heavy atom. The highest BCUT2D eigenvalue weighted by Crippen LogP contribution is 2.21. The van der Waals surface area contributed by atoms with E-state index in [4.69, 9.17) is 0 Å². The van der Waals surface area contributed by atoms with Gasteiger partial charge in [0, 0.05) is 19.0 Å². The minimum absolute atomic E-state index is 0.0425. The van der Waals surface area contributed by atoms with E-state index < -0.39 is 0 Å². The van der Waals surface area contributed by atoms with Crippen LogP contribution in [0.4, 0.5) is 4.39 Å². The van der Waals surface area contributed by atoms with E-state index in [1.807, 2.05) is 6.92 Å². The number of hydrogen-bond acceptors (Lipinski definition) is 4. The highest BCUT2D eigenvalue weighted by atomic mass is 32.1. The molecule has 2 aromatic rings. The molecule has 4 nitrogen and oxygen atoms in total. The average molecular weight is 333 g/mol. The molecular weight excluding hydrogens is 313 g/mol. The molecule has 6 heteroatoms. The zero-order valence-electron chi connectivity index (χ0n) is 13.1. The lowest BCUT2D eigenvalue weighted by atomic mass is 10.1. The molecule has 0 spiro atoms. The molecule has 1 amide bonds. The van der Waals surface area contributed by atoms with Gasteiger partial charge in [0.05, 0.1) is 10.7 Å². The quantitative estimate of drug-likeness (QED) is 0.904. The minimum Gasteiger partial charge on any atom is -0.347 e. The molecule has 1 atom stereocenters. The van der Waals surface area contributed by atoms with Crippen molar-refractivity contribution < 1.29 is 9.18 Å². The second kappa shape index (κ2) is 7.19. The Hall–Kier alpha value is -1.79. The van der Waals surface area contributed by atoms with Crippen molar-refractivity contribution in [3.05, 3.63) is 51.2 Å². The number of hydrogen-bond donors (Lipinski definition) is 2. The fraction of sp³-hybridized carbons (Fsp3) is 0.412. The second-order valence-electron chi connectivity index (χ2n) is 5.84. The van der Waals surface area contributed by atoms with Crippen molar-refractivity contribution in [2.24, 2.45) is 0 Å². The van der Waals surface area contributed by atoms with Gasteiger partial charge >= 0.3 is 0 Å². The first-order valence-corrected chi connectivity index (χ1v) is 8.66. The van der Waals surface area contributed by atoms with Crippen LogP contribution in [0, 0.1) is 12.7 Å². The van der Waals surface area contributed by atoms with E-state index in [1.165, 1.54) is 23.5 Å². The van der Waals surface area contributed by atoms with Gasteiger partial charge in [-0.15, -0.1) is 11.3 Å². The Morgan fingerprint density at radius 2 is 2.22 bits per heavy atom. The van der Waals surface area contributed by atoms with Crippen molar-refractivity contribution >= 4 is 17.2 Å². The molecule has 0 bridgehead atoms. The predicted octanol–water partition coefficient (Wildman–Crippen LogP) is 2.66. The van der Waals surface area contributed by atoms with E-state index >= 15 is 0 Å². The molecule has 1 aliphatic heterocycles. The zero-order chi connectivity index (χ0) is 16.2. The fourth-order valence-electron chi connectivity index (χ4n) is 2.74. The van der Waals surface area contributed by atoms with Crippen LogP contribution < -0.4 is 10.6 Å². The number of benzene rings is 1. The maximum absolute atomic E-state index is 13.0. The molecule has 122 valence electrons. The summed E-state index contributed by atoms with van der Waals surface area (Å²) in [6.45, 7) is 3.71. The van der Waals surface area contributed by atoms with E-state index in [0.717, 1.165) is 42.2 Å². The van der Waals surface area contributed by atoms with Crippen LogP contribution in [0.3, 0.4) is 0 Å². The molecule has 1 saturated heterocycles. The van der Waals surface area contributed by atoms with Crippen LogP contribution in [0.2, 0.25) is 0 Å². The smallest absolute Gasteiger partial charge is 0.263 e. The highest BCUT2D eigenvalue weighted by Gasteiger charge is 2.20. The lowest BCUT2D eigenvalue weighted by Gasteiger charge is -2.23. The molecule has 0 aliphatic carbocycles. The van der Waals surface area contributed by atoms with Crippen LogP contribution in [0.15, 0.2) is 24.3 Å². The van der Waals surface area contributed by atoms with Crippen molar-refractivity contribution in [3.63, 3.8) is 0 Å². The lowest BCUT2D eigenvalue weighted by molar-refractivity contribution is 0.0934. The third-order valence-corrected chi connectivity index (χ3v) is 5.10. The number of nitrogens with zero attached hydrogens (tertiary/aromatic N) is 1. The zero-order valence-corrected chi connectivity index (χ0v) is 13.9. The van der Waals surface area contributed by atoms with Gasteiger partial charge < -0.3 is 10.6 Å². The number of halogens is 1. The Morgan fingerprint density at radius 1 is 1.43 bits per heavy atom. The monoisotopic (exact) mass is 333 g/mol. The molecule has 0 saturated carbocycles. The summed E-state index contributed by atoms with van der Waals surface area (Å²) in [6, 6.07) is 6.58. The average Bonchev–Trinajstić information content (AvgIpc) is 2.91. The van der Waals surface area contributed by atoms with Crippen LogP contribution in [-0.2, 0) is 6.42 Å². The van der Waals surface area contributed by atoms with Crippen molar-refractivity contribution in [2.45, 2.75) is 32.2 Å². The number of carbonyl (C=O) groups is 1.